The summed E-state index contributed by atoms with van der Waals surface area (Å²) in [6, 6.07) is 17.2. The van der Waals surface area contributed by atoms with Crippen molar-refractivity contribution in [2.24, 2.45) is 7.05 Å². The monoisotopic (exact) mass is 453 g/mol. The normalized spacial score (nSPS) is 11.8. The third-order valence-corrected chi connectivity index (χ3v) is 6.03. The number of ether oxygens (including phenoxy) is 1. The minimum atomic E-state index is -1.02. The van der Waals surface area contributed by atoms with Gasteiger partial charge in [-0.3, -0.25) is 19.1 Å². The van der Waals surface area contributed by atoms with Gasteiger partial charge in [-0.15, -0.1) is 11.8 Å². The Morgan fingerprint density at radius 2 is 1.81 bits per heavy atom. The van der Waals surface area contributed by atoms with E-state index in [4.69, 9.17) is 4.74 Å². The number of rotatable bonds is 8. The van der Waals surface area contributed by atoms with Crippen molar-refractivity contribution in [3.63, 3.8) is 0 Å². The van der Waals surface area contributed by atoms with Crippen LogP contribution < -0.4 is 10.9 Å². The van der Waals surface area contributed by atoms with Crippen LogP contribution in [0, 0.1) is 13.8 Å². The molecule has 8 heteroatoms. The first-order chi connectivity index (χ1) is 15.3. The highest BCUT2D eigenvalue weighted by atomic mass is 32.2. The number of benzene rings is 2. The first kappa shape index (κ1) is 23.4. The summed E-state index contributed by atoms with van der Waals surface area (Å²) in [5, 5.41) is 2.63. The molecule has 0 bridgehead atoms. The topological polar surface area (TPSA) is 82.3 Å². The fourth-order valence-electron chi connectivity index (χ4n) is 3.28. The molecule has 1 amide bonds. The van der Waals surface area contributed by atoms with E-state index in [9.17, 15) is 14.4 Å². The lowest BCUT2D eigenvalue weighted by molar-refractivity contribution is -0.150. The number of esters is 1. The molecule has 7 nitrogen and oxygen atoms in total. The average molecular weight is 454 g/mol. The van der Waals surface area contributed by atoms with E-state index >= 15 is 0 Å². The van der Waals surface area contributed by atoms with Crippen molar-refractivity contribution in [2.45, 2.75) is 32.6 Å². The molecule has 1 aromatic heterocycles. The number of thioether (sulfide) groups is 1. The van der Waals surface area contributed by atoms with Crippen LogP contribution in [0.4, 0.5) is 5.69 Å². The Balaban J connectivity index is 1.58. The number of carbonyl (C=O) groups excluding carboxylic acids is 2. The van der Waals surface area contributed by atoms with E-state index in [0.29, 0.717) is 17.1 Å². The lowest BCUT2D eigenvalue weighted by Crippen LogP contribution is -2.32. The summed E-state index contributed by atoms with van der Waals surface area (Å²) >= 11 is 1.43. The summed E-state index contributed by atoms with van der Waals surface area (Å²) in [6.07, 6.45) is -1.02. The quantitative estimate of drug-likeness (QED) is 0.527. The largest absolute Gasteiger partial charge is 0.452 e. The summed E-state index contributed by atoms with van der Waals surface area (Å²) in [7, 11) is 1.74. The molecule has 1 unspecified atom stereocenters. The zero-order valence-corrected chi connectivity index (χ0v) is 19.4. The number of amides is 1. The average Bonchev–Trinajstić information content (AvgIpc) is 2.97. The number of carbonyl (C=O) groups is 2. The molecule has 0 aliphatic rings. The molecule has 1 N–H and O–H groups in total. The predicted octanol–water partition coefficient (Wildman–Crippen LogP) is 3.60. The van der Waals surface area contributed by atoms with E-state index in [0.717, 1.165) is 5.56 Å². The van der Waals surface area contributed by atoms with Crippen molar-refractivity contribution in [3.05, 3.63) is 81.8 Å². The Morgan fingerprint density at radius 1 is 1.09 bits per heavy atom. The molecule has 1 heterocycles. The van der Waals surface area contributed by atoms with Crippen molar-refractivity contribution in [1.29, 1.82) is 0 Å². The molecule has 0 aliphatic carbocycles. The van der Waals surface area contributed by atoms with Crippen molar-refractivity contribution >= 4 is 29.3 Å². The van der Waals surface area contributed by atoms with Crippen LogP contribution in [0.25, 0.3) is 5.69 Å². The molecule has 0 saturated heterocycles. The van der Waals surface area contributed by atoms with Gasteiger partial charge in [-0.2, -0.15) is 0 Å². The van der Waals surface area contributed by atoms with E-state index in [1.54, 1.807) is 18.7 Å². The number of hydrogen-bond donors (Lipinski definition) is 1. The van der Waals surface area contributed by atoms with Gasteiger partial charge in [0.1, 0.15) is 5.69 Å². The summed E-state index contributed by atoms with van der Waals surface area (Å²) in [5.41, 5.74) is 3.39. The highest BCUT2D eigenvalue weighted by Gasteiger charge is 2.23. The zero-order valence-electron chi connectivity index (χ0n) is 18.6. The number of para-hydroxylation sites is 1. The number of nitrogens with one attached hydrogen (secondary N) is 1. The number of aryl methyl sites for hydroxylation is 1. The van der Waals surface area contributed by atoms with Gasteiger partial charge in [0.05, 0.1) is 17.1 Å². The van der Waals surface area contributed by atoms with Gasteiger partial charge in [0, 0.05) is 12.8 Å². The van der Waals surface area contributed by atoms with Gasteiger partial charge in [0.25, 0.3) is 11.5 Å². The molecule has 3 aromatic rings. The van der Waals surface area contributed by atoms with E-state index in [1.807, 2.05) is 55.5 Å². The van der Waals surface area contributed by atoms with Gasteiger partial charge in [-0.1, -0.05) is 48.0 Å². The Kier molecular flexibility index (Phi) is 7.58. The van der Waals surface area contributed by atoms with E-state index in [-0.39, 0.29) is 17.0 Å². The first-order valence-electron chi connectivity index (χ1n) is 10.3. The molecule has 2 aromatic carbocycles. The lowest BCUT2D eigenvalue weighted by atomic mass is 10.2. The highest BCUT2D eigenvalue weighted by Crippen LogP contribution is 2.16. The van der Waals surface area contributed by atoms with Gasteiger partial charge in [0.15, 0.2) is 6.10 Å². The second kappa shape index (κ2) is 10.4. The number of hydrogen-bond acceptors (Lipinski definition) is 5. The van der Waals surface area contributed by atoms with Crippen molar-refractivity contribution < 1.29 is 14.3 Å². The minimum Gasteiger partial charge on any atom is -0.452 e. The standard InChI is InChI=1S/C24H27N3O4S/c1-16-9-8-10-19(13-16)14-32-15-21(28)31-18(3)23(29)25-22-17(2)26(4)27(24(22)30)20-11-6-5-7-12-20/h5-13,18H,14-15H2,1-4H3,(H,25,29). The Bertz CT molecular complexity index is 1170. The number of aromatic nitrogens is 2. The van der Waals surface area contributed by atoms with Gasteiger partial charge in [-0.05, 0) is 38.5 Å². The van der Waals surface area contributed by atoms with Gasteiger partial charge < -0.3 is 10.1 Å². The number of nitrogens with zero attached hydrogens (tertiary/aromatic N) is 2. The van der Waals surface area contributed by atoms with Crippen LogP contribution in [0.15, 0.2) is 59.4 Å². The van der Waals surface area contributed by atoms with Crippen LogP contribution in [0.5, 0.6) is 0 Å². The third kappa shape index (κ3) is 5.50. The minimum absolute atomic E-state index is 0.136. The van der Waals surface area contributed by atoms with Crippen molar-refractivity contribution in [3.8, 4) is 5.69 Å². The van der Waals surface area contributed by atoms with Crippen molar-refractivity contribution in [2.75, 3.05) is 11.1 Å². The maximum Gasteiger partial charge on any atom is 0.316 e. The molecular weight excluding hydrogens is 426 g/mol. The Labute approximate surface area is 191 Å². The smallest absolute Gasteiger partial charge is 0.316 e. The van der Waals surface area contributed by atoms with Crippen LogP contribution in [0.2, 0.25) is 0 Å². The van der Waals surface area contributed by atoms with Crippen LogP contribution in [0.1, 0.15) is 23.7 Å². The van der Waals surface area contributed by atoms with E-state index in [1.165, 1.54) is 28.9 Å². The fraction of sp³-hybridized carbons (Fsp3) is 0.292. The van der Waals surface area contributed by atoms with Crippen molar-refractivity contribution in [1.82, 2.24) is 9.36 Å². The van der Waals surface area contributed by atoms with E-state index in [2.05, 4.69) is 11.4 Å². The molecule has 0 aliphatic heterocycles. The van der Waals surface area contributed by atoms with Crippen LogP contribution in [0.3, 0.4) is 0 Å². The highest BCUT2D eigenvalue weighted by molar-refractivity contribution is 7.99. The third-order valence-electron chi connectivity index (χ3n) is 5.05. The molecule has 0 spiro atoms. The fourth-order valence-corrected chi connectivity index (χ4v) is 4.03. The van der Waals surface area contributed by atoms with Crippen LogP contribution in [-0.4, -0.2) is 33.1 Å². The Hall–Kier alpha value is -3.26. The van der Waals surface area contributed by atoms with Gasteiger partial charge in [0.2, 0.25) is 0 Å². The predicted molar refractivity (Wildman–Crippen MR) is 127 cm³/mol. The SMILES string of the molecule is Cc1cccc(CSCC(=O)OC(C)C(=O)Nc2c(C)n(C)n(-c3ccccc3)c2=O)c1. The van der Waals surface area contributed by atoms with Crippen LogP contribution in [-0.2, 0) is 27.1 Å². The summed E-state index contributed by atoms with van der Waals surface area (Å²) in [5.74, 6) is -0.207. The molecule has 32 heavy (non-hydrogen) atoms. The zero-order chi connectivity index (χ0) is 23.3. The summed E-state index contributed by atoms with van der Waals surface area (Å²) in [4.78, 5) is 37.6. The molecule has 3 rings (SSSR count). The van der Waals surface area contributed by atoms with Gasteiger partial charge >= 0.3 is 5.97 Å². The maximum absolute atomic E-state index is 12.9. The Morgan fingerprint density at radius 3 is 2.50 bits per heavy atom. The molecular formula is C24H27N3O4S. The molecule has 1 atom stereocenters. The first-order valence-corrected chi connectivity index (χ1v) is 11.4. The number of anilines is 1. The molecule has 0 radical (unpaired) electrons. The lowest BCUT2D eigenvalue weighted by Gasteiger charge is -2.13. The molecule has 0 saturated carbocycles. The summed E-state index contributed by atoms with van der Waals surface area (Å²) < 4.78 is 8.41. The van der Waals surface area contributed by atoms with Gasteiger partial charge in [-0.25, -0.2) is 4.68 Å². The van der Waals surface area contributed by atoms with E-state index < -0.39 is 18.0 Å². The second-order valence-electron chi connectivity index (χ2n) is 7.54. The molecule has 168 valence electrons. The van der Waals surface area contributed by atoms with Crippen LogP contribution >= 0.6 is 11.8 Å². The second-order valence-corrected chi connectivity index (χ2v) is 8.53. The summed E-state index contributed by atoms with van der Waals surface area (Å²) in [6.45, 7) is 5.26. The maximum atomic E-state index is 12.9. The molecule has 0 fully saturated rings.